The quantitative estimate of drug-likeness (QED) is 0.0381. The molecule has 1 aliphatic carbocycles. The van der Waals surface area contributed by atoms with Gasteiger partial charge in [-0.2, -0.15) is 0 Å². The minimum Gasteiger partial charge on any atom is -0.465 e. The van der Waals surface area contributed by atoms with Crippen LogP contribution in [0.15, 0.2) is 0 Å². The van der Waals surface area contributed by atoms with Gasteiger partial charge in [-0.05, 0) is 49.9 Å². The van der Waals surface area contributed by atoms with Crippen molar-refractivity contribution in [2.24, 2.45) is 35.5 Å². The number of rotatable bonds is 33. The Morgan fingerprint density at radius 1 is 0.392 bits per heavy atom. The number of carbonyl (C=O) groups excluding carboxylic acids is 3. The smallest absolute Gasteiger partial charge is 0.310 e. The van der Waals surface area contributed by atoms with Crippen LogP contribution in [0.2, 0.25) is 0 Å². The van der Waals surface area contributed by atoms with Crippen molar-refractivity contribution in [2.45, 2.75) is 215 Å². The van der Waals surface area contributed by atoms with Crippen LogP contribution in [0.25, 0.3) is 0 Å². The second kappa shape index (κ2) is 31.9. The molecule has 1 rings (SSSR count). The molecule has 1 aliphatic rings. The lowest BCUT2D eigenvalue weighted by Crippen LogP contribution is -2.44. The molecule has 51 heavy (non-hydrogen) atoms. The zero-order valence-electron chi connectivity index (χ0n) is 34.6. The van der Waals surface area contributed by atoms with Crippen LogP contribution in [0.5, 0.6) is 0 Å². The fourth-order valence-electron chi connectivity index (χ4n) is 7.50. The van der Waals surface area contributed by atoms with Gasteiger partial charge in [0.25, 0.3) is 0 Å². The van der Waals surface area contributed by atoms with Crippen molar-refractivity contribution in [3.63, 3.8) is 0 Å². The monoisotopic (exact) mass is 721 g/mol. The summed E-state index contributed by atoms with van der Waals surface area (Å²) in [6, 6.07) is 0. The third-order valence-electron chi connectivity index (χ3n) is 10.8. The Morgan fingerprint density at radius 2 is 0.647 bits per heavy atom. The van der Waals surface area contributed by atoms with E-state index in [4.69, 9.17) is 14.2 Å². The van der Waals surface area contributed by atoms with Crippen LogP contribution in [0.1, 0.15) is 215 Å². The lowest BCUT2D eigenvalue weighted by molar-refractivity contribution is -0.172. The predicted molar refractivity (Wildman–Crippen MR) is 213 cm³/mol. The van der Waals surface area contributed by atoms with Crippen LogP contribution in [-0.4, -0.2) is 37.7 Å². The highest BCUT2D eigenvalue weighted by atomic mass is 16.5. The fraction of sp³-hybridized carbons (Fsp3) is 0.933. The summed E-state index contributed by atoms with van der Waals surface area (Å²) >= 11 is 0. The summed E-state index contributed by atoms with van der Waals surface area (Å²) in [5.41, 5.74) is 0. The summed E-state index contributed by atoms with van der Waals surface area (Å²) in [5.74, 6) is -0.910. The lowest BCUT2D eigenvalue weighted by Gasteiger charge is -2.34. The second-order valence-corrected chi connectivity index (χ2v) is 17.1. The molecule has 0 saturated heterocycles. The summed E-state index contributed by atoms with van der Waals surface area (Å²) in [6.45, 7) is 14.8. The molecular weight excluding hydrogens is 636 g/mol. The summed E-state index contributed by atoms with van der Waals surface area (Å²) in [5, 5.41) is 0. The summed E-state index contributed by atoms with van der Waals surface area (Å²) in [4.78, 5) is 40.3. The number of esters is 3. The average Bonchev–Trinajstić information content (AvgIpc) is 3.09. The number of hydrogen-bond acceptors (Lipinski definition) is 6. The van der Waals surface area contributed by atoms with Gasteiger partial charge < -0.3 is 14.2 Å². The number of carbonyl (C=O) groups is 3. The molecule has 6 heteroatoms. The highest BCUT2D eigenvalue weighted by molar-refractivity contribution is 5.87. The summed E-state index contributed by atoms with van der Waals surface area (Å²) < 4.78 is 17.3. The molecule has 1 fully saturated rings. The zero-order chi connectivity index (χ0) is 37.5. The van der Waals surface area contributed by atoms with E-state index in [-0.39, 0.29) is 11.9 Å². The number of unbranched alkanes of at least 4 members (excludes halogenated alkanes) is 18. The van der Waals surface area contributed by atoms with Crippen molar-refractivity contribution in [1.82, 2.24) is 0 Å². The predicted octanol–water partition coefficient (Wildman–Crippen LogP) is 13.0. The van der Waals surface area contributed by atoms with Gasteiger partial charge in [0, 0.05) is 0 Å². The number of hydrogen-bond donors (Lipinski definition) is 0. The van der Waals surface area contributed by atoms with Gasteiger partial charge in [0.1, 0.15) is 0 Å². The number of ether oxygens (including phenoxy) is 3. The maximum Gasteiger partial charge on any atom is 0.310 e. The molecule has 1 saturated carbocycles. The largest absolute Gasteiger partial charge is 0.465 e. The molecule has 6 nitrogen and oxygen atoms in total. The van der Waals surface area contributed by atoms with Crippen molar-refractivity contribution in [1.29, 1.82) is 0 Å². The first-order chi connectivity index (χ1) is 24.6. The molecule has 0 aliphatic heterocycles. The van der Waals surface area contributed by atoms with Crippen LogP contribution >= 0.6 is 0 Å². The van der Waals surface area contributed by atoms with Gasteiger partial charge in [0.2, 0.25) is 0 Å². The molecule has 0 N–H and O–H groups in total. The van der Waals surface area contributed by atoms with Crippen molar-refractivity contribution >= 4 is 17.9 Å². The molecule has 0 aromatic carbocycles. The van der Waals surface area contributed by atoms with E-state index in [1.807, 2.05) is 0 Å². The molecule has 2 atom stereocenters. The zero-order valence-corrected chi connectivity index (χ0v) is 34.6. The minimum absolute atomic E-state index is 0.334. The van der Waals surface area contributed by atoms with E-state index in [2.05, 4.69) is 41.5 Å². The van der Waals surface area contributed by atoms with Crippen LogP contribution in [0, 0.1) is 35.5 Å². The van der Waals surface area contributed by atoms with E-state index in [9.17, 15) is 14.4 Å². The van der Waals surface area contributed by atoms with Crippen LogP contribution < -0.4 is 0 Å². The molecule has 0 aromatic heterocycles. The molecule has 0 aromatic rings. The van der Waals surface area contributed by atoms with E-state index in [0.717, 1.165) is 75.5 Å². The van der Waals surface area contributed by atoms with E-state index < -0.39 is 23.7 Å². The first kappa shape index (κ1) is 47.4. The fourth-order valence-corrected chi connectivity index (χ4v) is 7.50. The molecule has 2 unspecified atom stereocenters. The standard InChI is InChI=1S/C45H84O6/c1-37(2)29-22-16-10-7-13-19-25-34-49-43(46)40-32-28-33-41(44(47)50-35-26-20-14-8-11-17-23-30-38(3)4)42(40)45(48)51-36-27-21-15-9-12-18-24-31-39(5)6/h37-42H,7-36H2,1-6H3. The van der Waals surface area contributed by atoms with Gasteiger partial charge in [-0.1, -0.05) is 183 Å². The Balaban J connectivity index is 2.55. The van der Waals surface area contributed by atoms with Gasteiger partial charge in [-0.25, -0.2) is 0 Å². The molecule has 0 heterocycles. The van der Waals surface area contributed by atoms with E-state index in [1.54, 1.807) is 0 Å². The third-order valence-corrected chi connectivity index (χ3v) is 10.8. The minimum atomic E-state index is -0.823. The molecular formula is C45H84O6. The summed E-state index contributed by atoms with van der Waals surface area (Å²) in [7, 11) is 0. The van der Waals surface area contributed by atoms with Crippen molar-refractivity contribution in [2.75, 3.05) is 19.8 Å². The molecule has 0 bridgehead atoms. The highest BCUT2D eigenvalue weighted by Gasteiger charge is 2.47. The molecule has 0 spiro atoms. The van der Waals surface area contributed by atoms with Crippen LogP contribution in [-0.2, 0) is 28.6 Å². The van der Waals surface area contributed by atoms with Gasteiger partial charge in [-0.3, -0.25) is 14.4 Å². The van der Waals surface area contributed by atoms with E-state index in [0.29, 0.717) is 39.1 Å². The van der Waals surface area contributed by atoms with Gasteiger partial charge >= 0.3 is 17.9 Å². The van der Waals surface area contributed by atoms with E-state index >= 15 is 0 Å². The Bertz CT molecular complexity index is 804. The van der Waals surface area contributed by atoms with Crippen LogP contribution in [0.4, 0.5) is 0 Å². The first-order valence-electron chi connectivity index (χ1n) is 22.1. The topological polar surface area (TPSA) is 78.9 Å². The second-order valence-electron chi connectivity index (χ2n) is 17.1. The highest BCUT2D eigenvalue weighted by Crippen LogP contribution is 2.38. The Labute approximate surface area is 316 Å². The molecule has 300 valence electrons. The normalized spacial score (nSPS) is 17.7. The van der Waals surface area contributed by atoms with Gasteiger partial charge in [0.15, 0.2) is 0 Å². The Kier molecular flexibility index (Phi) is 29.7. The average molecular weight is 721 g/mol. The van der Waals surface area contributed by atoms with Crippen molar-refractivity contribution < 1.29 is 28.6 Å². The molecule has 0 amide bonds. The lowest BCUT2D eigenvalue weighted by atomic mass is 9.72. The Morgan fingerprint density at radius 3 is 0.941 bits per heavy atom. The Hall–Kier alpha value is -1.59. The van der Waals surface area contributed by atoms with Crippen molar-refractivity contribution in [3.8, 4) is 0 Å². The van der Waals surface area contributed by atoms with E-state index in [1.165, 1.54) is 96.3 Å². The van der Waals surface area contributed by atoms with Crippen LogP contribution in [0.3, 0.4) is 0 Å². The summed E-state index contributed by atoms with van der Waals surface area (Å²) in [6.07, 6.45) is 30.0. The first-order valence-corrected chi connectivity index (χ1v) is 22.1. The maximum atomic E-state index is 13.6. The molecule has 0 radical (unpaired) electrons. The third kappa shape index (κ3) is 25.9. The van der Waals surface area contributed by atoms with Gasteiger partial charge in [0.05, 0.1) is 37.6 Å². The maximum absolute atomic E-state index is 13.6. The SMILES string of the molecule is CC(C)CCCCCCCCCOC(=O)C1CCCC(C(=O)OCCCCCCCCCC(C)C)C1C(=O)OCCCCCCCCCC(C)C. The van der Waals surface area contributed by atoms with Crippen molar-refractivity contribution in [3.05, 3.63) is 0 Å². The van der Waals surface area contributed by atoms with Gasteiger partial charge in [-0.15, -0.1) is 0 Å².